The molecular weight excluding hydrogens is 258 g/mol. The highest BCUT2D eigenvalue weighted by Gasteiger charge is 2.07. The highest BCUT2D eigenvalue weighted by molar-refractivity contribution is 7.99. The second-order valence-corrected chi connectivity index (χ2v) is 5.82. The Labute approximate surface area is 116 Å². The van der Waals surface area contributed by atoms with Gasteiger partial charge in [0, 0.05) is 29.5 Å². The van der Waals surface area contributed by atoms with Gasteiger partial charge >= 0.3 is 0 Å². The van der Waals surface area contributed by atoms with Crippen molar-refractivity contribution in [1.82, 2.24) is 9.55 Å². The zero-order valence-corrected chi connectivity index (χ0v) is 11.9. The molecule has 0 aliphatic rings. The van der Waals surface area contributed by atoms with Crippen LogP contribution >= 0.6 is 11.8 Å². The van der Waals surface area contributed by atoms with E-state index in [1.807, 2.05) is 24.3 Å². The van der Waals surface area contributed by atoms with Gasteiger partial charge in [0.15, 0.2) is 5.03 Å². The highest BCUT2D eigenvalue weighted by atomic mass is 32.2. The molecule has 4 nitrogen and oxygen atoms in total. The first kappa shape index (κ1) is 13.7. The number of nitrogens with two attached hydrogens (primary N) is 1. The van der Waals surface area contributed by atoms with Gasteiger partial charge in [0.1, 0.15) is 0 Å². The van der Waals surface area contributed by atoms with E-state index in [0.717, 1.165) is 4.90 Å². The van der Waals surface area contributed by atoms with Crippen LogP contribution < -0.4 is 11.3 Å². The van der Waals surface area contributed by atoms with Crippen LogP contribution in [0, 0.1) is 5.92 Å². The Kier molecular flexibility index (Phi) is 4.27. The van der Waals surface area contributed by atoms with Crippen LogP contribution in [-0.2, 0) is 6.54 Å². The maximum atomic E-state index is 12.2. The SMILES string of the molecule is CC(C)Cn1ccnc(Sc2ccc(N)cc2)c1=O. The van der Waals surface area contributed by atoms with Crippen LogP contribution in [0.2, 0.25) is 0 Å². The number of anilines is 1. The van der Waals surface area contributed by atoms with Gasteiger partial charge in [-0.25, -0.2) is 4.98 Å². The maximum absolute atomic E-state index is 12.2. The van der Waals surface area contributed by atoms with Gasteiger partial charge in [-0.2, -0.15) is 0 Å². The van der Waals surface area contributed by atoms with Gasteiger partial charge in [-0.15, -0.1) is 0 Å². The molecule has 1 aromatic heterocycles. The second kappa shape index (κ2) is 5.93. The van der Waals surface area contributed by atoms with Gasteiger partial charge in [-0.1, -0.05) is 25.6 Å². The lowest BCUT2D eigenvalue weighted by Crippen LogP contribution is -2.23. The van der Waals surface area contributed by atoms with Crippen molar-refractivity contribution in [1.29, 1.82) is 0 Å². The quantitative estimate of drug-likeness (QED) is 0.871. The first-order valence-electron chi connectivity index (χ1n) is 6.15. The van der Waals surface area contributed by atoms with E-state index in [2.05, 4.69) is 18.8 Å². The Morgan fingerprint density at radius 2 is 2.00 bits per heavy atom. The van der Waals surface area contributed by atoms with E-state index in [4.69, 9.17) is 5.73 Å². The summed E-state index contributed by atoms with van der Waals surface area (Å²) in [6, 6.07) is 7.41. The molecule has 0 saturated carbocycles. The predicted molar refractivity (Wildman–Crippen MR) is 78.3 cm³/mol. The summed E-state index contributed by atoms with van der Waals surface area (Å²) in [5.74, 6) is 0.425. The molecule has 0 saturated heterocycles. The summed E-state index contributed by atoms with van der Waals surface area (Å²) in [6.07, 6.45) is 3.40. The summed E-state index contributed by atoms with van der Waals surface area (Å²) < 4.78 is 1.71. The monoisotopic (exact) mass is 275 g/mol. The average molecular weight is 275 g/mol. The van der Waals surface area contributed by atoms with Gasteiger partial charge in [0.25, 0.3) is 5.56 Å². The maximum Gasteiger partial charge on any atom is 0.283 e. The lowest BCUT2D eigenvalue weighted by atomic mass is 10.2. The van der Waals surface area contributed by atoms with Gasteiger partial charge in [0.05, 0.1) is 0 Å². The minimum Gasteiger partial charge on any atom is -0.399 e. The molecule has 0 aliphatic heterocycles. The number of nitrogen functional groups attached to an aromatic ring is 1. The molecule has 19 heavy (non-hydrogen) atoms. The number of nitrogens with zero attached hydrogens (tertiary/aromatic N) is 2. The third-order valence-corrected chi connectivity index (χ3v) is 3.52. The van der Waals surface area contributed by atoms with Crippen LogP contribution in [0.4, 0.5) is 5.69 Å². The van der Waals surface area contributed by atoms with Crippen LogP contribution in [0.3, 0.4) is 0 Å². The lowest BCUT2D eigenvalue weighted by molar-refractivity contribution is 0.502. The van der Waals surface area contributed by atoms with Crippen molar-refractivity contribution in [2.75, 3.05) is 5.73 Å². The molecule has 0 unspecified atom stereocenters. The number of hydrogen-bond donors (Lipinski definition) is 1. The van der Waals surface area contributed by atoms with Gasteiger partial charge < -0.3 is 10.3 Å². The fourth-order valence-electron chi connectivity index (χ4n) is 1.68. The number of aromatic nitrogens is 2. The van der Waals surface area contributed by atoms with E-state index in [0.29, 0.717) is 23.2 Å². The van der Waals surface area contributed by atoms with Crippen LogP contribution in [0.15, 0.2) is 51.4 Å². The molecule has 0 aliphatic carbocycles. The zero-order chi connectivity index (χ0) is 13.8. The molecule has 0 fully saturated rings. The summed E-state index contributed by atoms with van der Waals surface area (Å²) in [5.41, 5.74) is 6.31. The van der Waals surface area contributed by atoms with E-state index in [1.165, 1.54) is 11.8 Å². The van der Waals surface area contributed by atoms with Crippen LogP contribution in [0.1, 0.15) is 13.8 Å². The minimum atomic E-state index is -0.0435. The van der Waals surface area contributed by atoms with Crippen molar-refractivity contribution < 1.29 is 0 Å². The Balaban J connectivity index is 2.25. The van der Waals surface area contributed by atoms with Crippen LogP contribution in [0.5, 0.6) is 0 Å². The van der Waals surface area contributed by atoms with E-state index in [9.17, 15) is 4.79 Å². The molecule has 1 aromatic carbocycles. The van der Waals surface area contributed by atoms with E-state index < -0.39 is 0 Å². The lowest BCUT2D eigenvalue weighted by Gasteiger charge is -2.09. The zero-order valence-electron chi connectivity index (χ0n) is 11.0. The summed E-state index contributed by atoms with van der Waals surface area (Å²) in [5, 5.41) is 0.493. The molecule has 5 heteroatoms. The minimum absolute atomic E-state index is 0.0435. The number of rotatable bonds is 4. The summed E-state index contributed by atoms with van der Waals surface area (Å²) in [6.45, 7) is 4.87. The van der Waals surface area contributed by atoms with Crippen molar-refractivity contribution >= 4 is 17.4 Å². The van der Waals surface area contributed by atoms with Crippen LogP contribution in [0.25, 0.3) is 0 Å². The highest BCUT2D eigenvalue weighted by Crippen LogP contribution is 2.23. The molecule has 1 heterocycles. The summed E-state index contributed by atoms with van der Waals surface area (Å²) >= 11 is 1.36. The molecule has 0 atom stereocenters. The van der Waals surface area contributed by atoms with Crippen molar-refractivity contribution in [2.24, 2.45) is 5.92 Å². The molecule has 0 spiro atoms. The third kappa shape index (κ3) is 3.61. The van der Waals surface area contributed by atoms with Gasteiger partial charge in [0.2, 0.25) is 0 Å². The smallest absolute Gasteiger partial charge is 0.283 e. The van der Waals surface area contributed by atoms with Crippen molar-refractivity contribution in [3.8, 4) is 0 Å². The average Bonchev–Trinajstić information content (AvgIpc) is 2.36. The first-order chi connectivity index (χ1) is 9.06. The van der Waals surface area contributed by atoms with Crippen molar-refractivity contribution in [3.05, 3.63) is 47.0 Å². The number of benzene rings is 1. The van der Waals surface area contributed by atoms with E-state index >= 15 is 0 Å². The summed E-state index contributed by atoms with van der Waals surface area (Å²) in [4.78, 5) is 17.4. The molecule has 2 aromatic rings. The molecule has 100 valence electrons. The molecule has 0 amide bonds. The third-order valence-electron chi connectivity index (χ3n) is 2.54. The van der Waals surface area contributed by atoms with Gasteiger partial charge in [-0.05, 0) is 30.2 Å². The standard InChI is InChI=1S/C14H17N3OS/c1-10(2)9-17-8-7-16-13(14(17)18)19-12-5-3-11(15)4-6-12/h3-8,10H,9,15H2,1-2H3. The number of hydrogen-bond acceptors (Lipinski definition) is 4. The fraction of sp³-hybridized carbons (Fsp3) is 0.286. The molecule has 2 rings (SSSR count). The molecular formula is C14H17N3OS. The Bertz CT molecular complexity index is 605. The fourth-order valence-corrected chi connectivity index (χ4v) is 2.50. The Morgan fingerprint density at radius 1 is 1.32 bits per heavy atom. The topological polar surface area (TPSA) is 60.9 Å². The van der Waals surface area contributed by atoms with E-state index in [-0.39, 0.29) is 5.56 Å². The normalized spacial score (nSPS) is 10.9. The van der Waals surface area contributed by atoms with Gasteiger partial charge in [-0.3, -0.25) is 4.79 Å². The second-order valence-electron chi connectivity index (χ2n) is 4.75. The molecule has 0 radical (unpaired) electrons. The predicted octanol–water partition coefficient (Wildman–Crippen LogP) is 2.63. The largest absolute Gasteiger partial charge is 0.399 e. The molecule has 2 N–H and O–H groups in total. The van der Waals surface area contributed by atoms with E-state index in [1.54, 1.807) is 17.0 Å². The van der Waals surface area contributed by atoms with Crippen LogP contribution in [-0.4, -0.2) is 9.55 Å². The molecule has 0 bridgehead atoms. The summed E-state index contributed by atoms with van der Waals surface area (Å²) in [7, 11) is 0. The van der Waals surface area contributed by atoms with Crippen molar-refractivity contribution in [3.63, 3.8) is 0 Å². The Morgan fingerprint density at radius 3 is 2.63 bits per heavy atom. The Hall–Kier alpha value is -1.75. The van der Waals surface area contributed by atoms with Crippen molar-refractivity contribution in [2.45, 2.75) is 30.3 Å². The first-order valence-corrected chi connectivity index (χ1v) is 6.97.